The van der Waals surface area contributed by atoms with Crippen molar-refractivity contribution >= 4 is 15.9 Å². The monoisotopic (exact) mass is 386 g/mol. The number of rotatable bonds is 3. The second-order valence-electron chi connectivity index (χ2n) is 7.34. The number of piperazine rings is 1. The molecule has 3 rings (SSSR count). The molecule has 1 aliphatic heterocycles. The number of nitrogens with zero attached hydrogens (tertiary/aromatic N) is 2. The minimum atomic E-state index is -3.54. The molecule has 144 valence electrons. The zero-order chi connectivity index (χ0) is 19.8. The van der Waals surface area contributed by atoms with Crippen molar-refractivity contribution in [1.82, 2.24) is 9.21 Å². The van der Waals surface area contributed by atoms with Gasteiger partial charge in [0.2, 0.25) is 10.0 Å². The minimum Gasteiger partial charge on any atom is -0.336 e. The van der Waals surface area contributed by atoms with Crippen LogP contribution in [-0.2, 0) is 10.0 Å². The maximum absolute atomic E-state index is 13.0. The summed E-state index contributed by atoms with van der Waals surface area (Å²) in [5.74, 6) is -0.0367. The maximum Gasteiger partial charge on any atom is 0.253 e. The van der Waals surface area contributed by atoms with Gasteiger partial charge in [-0.25, -0.2) is 8.42 Å². The summed E-state index contributed by atoms with van der Waals surface area (Å²) in [5, 5.41) is 0. The first-order valence-electron chi connectivity index (χ1n) is 9.13. The Morgan fingerprint density at radius 2 is 1.41 bits per heavy atom. The van der Waals surface area contributed by atoms with Gasteiger partial charge in [-0.2, -0.15) is 4.31 Å². The van der Waals surface area contributed by atoms with Crippen LogP contribution < -0.4 is 0 Å². The van der Waals surface area contributed by atoms with Gasteiger partial charge in [-0.1, -0.05) is 34.9 Å². The van der Waals surface area contributed by atoms with Crippen LogP contribution >= 0.6 is 0 Å². The predicted molar refractivity (Wildman–Crippen MR) is 106 cm³/mol. The highest BCUT2D eigenvalue weighted by Gasteiger charge is 2.31. The van der Waals surface area contributed by atoms with Crippen molar-refractivity contribution in [3.05, 3.63) is 64.2 Å². The highest BCUT2D eigenvalue weighted by Crippen LogP contribution is 2.23. The molecular formula is C21H26N2O3S. The molecule has 6 heteroatoms. The van der Waals surface area contributed by atoms with Crippen LogP contribution in [0.25, 0.3) is 0 Å². The molecule has 0 bridgehead atoms. The smallest absolute Gasteiger partial charge is 0.253 e. The van der Waals surface area contributed by atoms with Crippen molar-refractivity contribution < 1.29 is 13.2 Å². The molecule has 1 saturated heterocycles. The van der Waals surface area contributed by atoms with E-state index in [-0.39, 0.29) is 5.91 Å². The highest BCUT2D eigenvalue weighted by molar-refractivity contribution is 7.89. The van der Waals surface area contributed by atoms with Gasteiger partial charge in [-0.05, 0) is 51.5 Å². The Morgan fingerprint density at radius 1 is 0.815 bits per heavy atom. The molecule has 1 amide bonds. The molecule has 0 unspecified atom stereocenters. The number of carbonyl (C=O) groups is 1. The Balaban J connectivity index is 1.73. The summed E-state index contributed by atoms with van der Waals surface area (Å²) in [5.41, 5.74) is 4.56. The standard InChI is InChI=1S/C21H26N2O3S/c1-15-5-6-20(18(4)12-15)27(25,26)23-9-7-22(8-10-23)21(24)19-13-16(2)11-17(3)14-19/h5-6,11-14H,7-10H2,1-4H3. The fourth-order valence-corrected chi connectivity index (χ4v) is 5.27. The molecule has 1 aliphatic rings. The van der Waals surface area contributed by atoms with Gasteiger partial charge in [0.15, 0.2) is 0 Å². The molecule has 1 heterocycles. The van der Waals surface area contributed by atoms with E-state index in [1.165, 1.54) is 4.31 Å². The number of aryl methyl sites for hydroxylation is 4. The van der Waals surface area contributed by atoms with Crippen LogP contribution in [0.2, 0.25) is 0 Å². The second kappa shape index (κ2) is 7.44. The number of sulfonamides is 1. The molecule has 0 aliphatic carbocycles. The Bertz CT molecular complexity index is 955. The Morgan fingerprint density at radius 3 is 1.96 bits per heavy atom. The quantitative estimate of drug-likeness (QED) is 0.815. The summed E-state index contributed by atoms with van der Waals surface area (Å²) in [4.78, 5) is 14.9. The predicted octanol–water partition coefficient (Wildman–Crippen LogP) is 3.07. The van der Waals surface area contributed by atoms with Gasteiger partial charge in [-0.15, -0.1) is 0 Å². The molecule has 2 aromatic rings. The summed E-state index contributed by atoms with van der Waals surface area (Å²) in [7, 11) is -3.54. The van der Waals surface area contributed by atoms with E-state index in [1.807, 2.05) is 58.0 Å². The summed E-state index contributed by atoms with van der Waals surface area (Å²) in [6.07, 6.45) is 0. The van der Waals surface area contributed by atoms with Crippen molar-refractivity contribution in [3.8, 4) is 0 Å². The normalized spacial score (nSPS) is 15.8. The third-order valence-corrected chi connectivity index (χ3v) is 7.00. The first-order valence-corrected chi connectivity index (χ1v) is 10.6. The SMILES string of the molecule is Cc1cc(C)cc(C(=O)N2CCN(S(=O)(=O)c3ccc(C)cc3C)CC2)c1. The molecule has 27 heavy (non-hydrogen) atoms. The molecule has 0 saturated carbocycles. The summed E-state index contributed by atoms with van der Waals surface area (Å²) in [6, 6.07) is 11.2. The first-order chi connectivity index (χ1) is 12.7. The van der Waals surface area contributed by atoms with Crippen molar-refractivity contribution in [2.45, 2.75) is 32.6 Å². The average molecular weight is 387 g/mol. The van der Waals surface area contributed by atoms with E-state index in [1.54, 1.807) is 11.0 Å². The van der Waals surface area contributed by atoms with Gasteiger partial charge >= 0.3 is 0 Å². The van der Waals surface area contributed by atoms with Crippen molar-refractivity contribution in [2.75, 3.05) is 26.2 Å². The topological polar surface area (TPSA) is 57.7 Å². The molecule has 0 N–H and O–H groups in total. The van der Waals surface area contributed by atoms with Gasteiger partial charge in [-0.3, -0.25) is 4.79 Å². The minimum absolute atomic E-state index is 0.0367. The molecule has 0 atom stereocenters. The number of carbonyl (C=O) groups excluding carboxylic acids is 1. The maximum atomic E-state index is 13.0. The van der Waals surface area contributed by atoms with E-state index < -0.39 is 10.0 Å². The van der Waals surface area contributed by atoms with Gasteiger partial charge in [0.25, 0.3) is 5.91 Å². The molecule has 5 nitrogen and oxygen atoms in total. The van der Waals surface area contributed by atoms with E-state index in [9.17, 15) is 13.2 Å². The fourth-order valence-electron chi connectivity index (χ4n) is 3.64. The zero-order valence-corrected chi connectivity index (χ0v) is 17.1. The lowest BCUT2D eigenvalue weighted by Gasteiger charge is -2.34. The van der Waals surface area contributed by atoms with Crippen LogP contribution in [0, 0.1) is 27.7 Å². The van der Waals surface area contributed by atoms with Gasteiger partial charge in [0, 0.05) is 31.7 Å². The molecular weight excluding hydrogens is 360 g/mol. The Hall–Kier alpha value is -2.18. The molecule has 0 radical (unpaired) electrons. The fraction of sp³-hybridized carbons (Fsp3) is 0.381. The van der Waals surface area contributed by atoms with Crippen LogP contribution in [0.15, 0.2) is 41.3 Å². The third kappa shape index (κ3) is 4.06. The lowest BCUT2D eigenvalue weighted by atomic mass is 10.1. The molecule has 1 fully saturated rings. The largest absolute Gasteiger partial charge is 0.336 e. The van der Waals surface area contributed by atoms with E-state index in [4.69, 9.17) is 0 Å². The van der Waals surface area contributed by atoms with E-state index >= 15 is 0 Å². The number of benzene rings is 2. The lowest BCUT2D eigenvalue weighted by molar-refractivity contribution is 0.0697. The van der Waals surface area contributed by atoms with Gasteiger partial charge < -0.3 is 4.90 Å². The first kappa shape index (κ1) is 19.6. The van der Waals surface area contributed by atoms with E-state index in [0.717, 1.165) is 22.3 Å². The molecule has 2 aromatic carbocycles. The van der Waals surface area contributed by atoms with Crippen molar-refractivity contribution in [3.63, 3.8) is 0 Å². The second-order valence-corrected chi connectivity index (χ2v) is 9.25. The number of hydrogen-bond acceptors (Lipinski definition) is 3. The van der Waals surface area contributed by atoms with Crippen LogP contribution in [0.1, 0.15) is 32.6 Å². The van der Waals surface area contributed by atoms with Crippen molar-refractivity contribution in [2.24, 2.45) is 0 Å². The van der Waals surface area contributed by atoms with E-state index in [2.05, 4.69) is 0 Å². The van der Waals surface area contributed by atoms with Crippen LogP contribution in [0.5, 0.6) is 0 Å². The average Bonchev–Trinajstić information content (AvgIpc) is 2.60. The third-order valence-electron chi connectivity index (χ3n) is 4.94. The van der Waals surface area contributed by atoms with Crippen LogP contribution in [0.3, 0.4) is 0 Å². The molecule has 0 aromatic heterocycles. The van der Waals surface area contributed by atoms with Gasteiger partial charge in [0.1, 0.15) is 0 Å². The van der Waals surface area contributed by atoms with Gasteiger partial charge in [0.05, 0.1) is 4.90 Å². The zero-order valence-electron chi connectivity index (χ0n) is 16.3. The van der Waals surface area contributed by atoms with Crippen LogP contribution in [0.4, 0.5) is 0 Å². The highest BCUT2D eigenvalue weighted by atomic mass is 32.2. The number of hydrogen-bond donors (Lipinski definition) is 0. The summed E-state index contributed by atoms with van der Waals surface area (Å²) >= 11 is 0. The Labute approximate surface area is 161 Å². The lowest BCUT2D eigenvalue weighted by Crippen LogP contribution is -2.50. The summed E-state index contributed by atoms with van der Waals surface area (Å²) < 4.78 is 27.4. The van der Waals surface area contributed by atoms with Crippen LogP contribution in [-0.4, -0.2) is 49.7 Å². The van der Waals surface area contributed by atoms with Crippen molar-refractivity contribution in [1.29, 1.82) is 0 Å². The summed E-state index contributed by atoms with van der Waals surface area (Å²) in [6.45, 7) is 9.13. The molecule has 0 spiro atoms. The van der Waals surface area contributed by atoms with E-state index in [0.29, 0.717) is 36.6 Å². The Kier molecular flexibility index (Phi) is 5.40. The number of amides is 1.